The lowest BCUT2D eigenvalue weighted by molar-refractivity contribution is 0.240. The van der Waals surface area contributed by atoms with E-state index in [0.717, 1.165) is 5.56 Å². The molecule has 0 bridgehead atoms. The number of carbonyl (C=O) groups is 1. The Bertz CT molecular complexity index is 1190. The number of nitrogens with one attached hydrogen (secondary N) is 1. The topological polar surface area (TPSA) is 88.8 Å². The second kappa shape index (κ2) is 8.50. The van der Waals surface area contributed by atoms with Crippen LogP contribution >= 0.6 is 12.8 Å². The summed E-state index contributed by atoms with van der Waals surface area (Å²) in [6.45, 7) is 5.04. The summed E-state index contributed by atoms with van der Waals surface area (Å²) in [6, 6.07) is 11.5. The highest BCUT2D eigenvalue weighted by molar-refractivity contribution is 7.78. The third-order valence-corrected chi connectivity index (χ3v) is 5.03. The molecule has 30 heavy (non-hydrogen) atoms. The van der Waals surface area contributed by atoms with Crippen molar-refractivity contribution in [3.63, 3.8) is 0 Å². The minimum atomic E-state index is -0.353. The van der Waals surface area contributed by atoms with Crippen LogP contribution in [0.2, 0.25) is 0 Å². The van der Waals surface area contributed by atoms with Gasteiger partial charge < -0.3 is 0 Å². The van der Waals surface area contributed by atoms with Crippen LogP contribution < -0.4 is 5.32 Å². The summed E-state index contributed by atoms with van der Waals surface area (Å²) in [4.78, 5) is 25.4. The highest BCUT2D eigenvalue weighted by Crippen LogP contribution is 2.19. The van der Waals surface area contributed by atoms with Crippen molar-refractivity contribution >= 4 is 35.8 Å². The molecular weight excluding hydrogens is 398 g/mol. The molecule has 0 aliphatic carbocycles. The lowest BCUT2D eigenvalue weighted by Gasteiger charge is -2.13. The number of thiol groups is 1. The predicted molar refractivity (Wildman–Crippen MR) is 119 cm³/mol. The fourth-order valence-corrected chi connectivity index (χ4v) is 2.94. The van der Waals surface area contributed by atoms with Gasteiger partial charge in [-0.15, -0.1) is 0 Å². The SMILES string of the molecule is CCN(S)C(=O)Nc1ccc2ncc(-c3cnn(Cc4ccc(C)cc4)c3)nc2n1. The van der Waals surface area contributed by atoms with E-state index in [-0.39, 0.29) is 6.03 Å². The van der Waals surface area contributed by atoms with E-state index in [1.165, 1.54) is 15.4 Å². The lowest BCUT2D eigenvalue weighted by Crippen LogP contribution is -2.27. The van der Waals surface area contributed by atoms with Crippen LogP contribution in [0.1, 0.15) is 18.1 Å². The van der Waals surface area contributed by atoms with Crippen molar-refractivity contribution in [2.24, 2.45) is 0 Å². The van der Waals surface area contributed by atoms with Crippen LogP contribution in [0.4, 0.5) is 10.6 Å². The minimum Gasteiger partial charge on any atom is -0.291 e. The van der Waals surface area contributed by atoms with Crippen LogP contribution in [0.3, 0.4) is 0 Å². The average Bonchev–Trinajstić information content (AvgIpc) is 3.22. The van der Waals surface area contributed by atoms with Gasteiger partial charge in [-0.05, 0) is 31.5 Å². The zero-order valence-electron chi connectivity index (χ0n) is 16.6. The third kappa shape index (κ3) is 4.41. The Hall–Kier alpha value is -3.46. The first-order chi connectivity index (χ1) is 14.5. The fourth-order valence-electron chi connectivity index (χ4n) is 2.89. The number of pyridine rings is 1. The largest absolute Gasteiger partial charge is 0.332 e. The molecule has 0 spiro atoms. The molecule has 0 fully saturated rings. The van der Waals surface area contributed by atoms with Crippen molar-refractivity contribution in [1.82, 2.24) is 29.0 Å². The molecule has 0 radical (unpaired) electrons. The van der Waals surface area contributed by atoms with E-state index in [4.69, 9.17) is 0 Å². The highest BCUT2D eigenvalue weighted by atomic mass is 32.1. The summed E-state index contributed by atoms with van der Waals surface area (Å²) in [5, 5.41) is 7.13. The second-order valence-corrected chi connectivity index (χ2v) is 7.34. The number of amides is 2. The van der Waals surface area contributed by atoms with Gasteiger partial charge >= 0.3 is 6.03 Å². The van der Waals surface area contributed by atoms with E-state index >= 15 is 0 Å². The molecule has 4 rings (SSSR count). The molecule has 152 valence electrons. The Morgan fingerprint density at radius 2 is 1.93 bits per heavy atom. The number of benzene rings is 1. The molecule has 0 saturated carbocycles. The van der Waals surface area contributed by atoms with Crippen LogP contribution in [0.25, 0.3) is 22.4 Å². The molecular formula is C21H21N7OS. The van der Waals surface area contributed by atoms with Crippen molar-refractivity contribution in [3.8, 4) is 11.3 Å². The van der Waals surface area contributed by atoms with Crippen molar-refractivity contribution in [3.05, 3.63) is 66.1 Å². The molecule has 0 aliphatic rings. The second-order valence-electron chi connectivity index (χ2n) is 6.85. The Kier molecular flexibility index (Phi) is 5.62. The number of carbonyl (C=O) groups excluding carboxylic acids is 1. The Balaban J connectivity index is 1.56. The number of urea groups is 1. The van der Waals surface area contributed by atoms with Crippen molar-refractivity contribution < 1.29 is 4.79 Å². The summed E-state index contributed by atoms with van der Waals surface area (Å²) in [5.41, 5.74) is 5.00. The Labute approximate surface area is 179 Å². The molecule has 3 aromatic heterocycles. The molecule has 0 saturated heterocycles. The summed E-state index contributed by atoms with van der Waals surface area (Å²) in [7, 11) is 0. The predicted octanol–water partition coefficient (Wildman–Crippen LogP) is 3.94. The summed E-state index contributed by atoms with van der Waals surface area (Å²) < 4.78 is 3.12. The maximum Gasteiger partial charge on any atom is 0.332 e. The van der Waals surface area contributed by atoms with Crippen LogP contribution in [0.15, 0.2) is 55.0 Å². The van der Waals surface area contributed by atoms with E-state index in [2.05, 4.69) is 69.4 Å². The fraction of sp³-hybridized carbons (Fsp3) is 0.190. The zero-order valence-corrected chi connectivity index (χ0v) is 17.5. The average molecular weight is 420 g/mol. The number of rotatable bonds is 5. The monoisotopic (exact) mass is 419 g/mol. The van der Waals surface area contributed by atoms with Gasteiger partial charge in [-0.25, -0.2) is 14.8 Å². The van der Waals surface area contributed by atoms with E-state index in [1.807, 2.05) is 17.8 Å². The molecule has 2 amide bonds. The van der Waals surface area contributed by atoms with E-state index in [1.54, 1.807) is 24.5 Å². The van der Waals surface area contributed by atoms with Crippen LogP contribution in [0.5, 0.6) is 0 Å². The van der Waals surface area contributed by atoms with Crippen molar-refractivity contribution in [1.29, 1.82) is 0 Å². The summed E-state index contributed by atoms with van der Waals surface area (Å²) in [6.07, 6.45) is 5.39. The number of nitrogens with zero attached hydrogens (tertiary/aromatic N) is 6. The number of hydrogen-bond acceptors (Lipinski definition) is 6. The molecule has 1 aromatic carbocycles. The number of fused-ring (bicyclic) bond motifs is 1. The smallest absolute Gasteiger partial charge is 0.291 e. The van der Waals surface area contributed by atoms with Crippen LogP contribution in [0, 0.1) is 6.92 Å². The first-order valence-electron chi connectivity index (χ1n) is 9.51. The first-order valence-corrected chi connectivity index (χ1v) is 9.91. The van der Waals surface area contributed by atoms with Gasteiger partial charge in [0, 0.05) is 18.3 Å². The molecule has 0 unspecified atom stereocenters. The van der Waals surface area contributed by atoms with E-state index < -0.39 is 0 Å². The number of aryl methyl sites for hydroxylation is 1. The number of anilines is 1. The maximum atomic E-state index is 12.0. The minimum absolute atomic E-state index is 0.353. The first kappa shape index (κ1) is 19.8. The van der Waals surface area contributed by atoms with Gasteiger partial charge in [0.25, 0.3) is 0 Å². The van der Waals surface area contributed by atoms with Gasteiger partial charge in [0.1, 0.15) is 11.3 Å². The van der Waals surface area contributed by atoms with Gasteiger partial charge in [-0.3, -0.25) is 19.3 Å². The zero-order chi connectivity index (χ0) is 21.1. The van der Waals surface area contributed by atoms with Gasteiger partial charge in [-0.2, -0.15) is 5.10 Å². The summed E-state index contributed by atoms with van der Waals surface area (Å²) >= 11 is 4.09. The molecule has 9 heteroatoms. The molecule has 0 aliphatic heterocycles. The number of hydrogen-bond donors (Lipinski definition) is 2. The standard InChI is InChI=1S/C21H21N7OS/c1-3-28(30)21(29)26-19-9-8-17-20(25-19)24-18(11-22-17)16-10-23-27(13-16)12-15-6-4-14(2)5-7-15/h4-11,13,30H,3,12H2,1-2H3,(H,24,25,26,29). The van der Waals surface area contributed by atoms with Crippen molar-refractivity contribution in [2.75, 3.05) is 11.9 Å². The van der Waals surface area contributed by atoms with E-state index in [0.29, 0.717) is 35.8 Å². The normalized spacial score (nSPS) is 10.9. The number of aromatic nitrogens is 5. The molecule has 8 nitrogen and oxygen atoms in total. The molecule has 0 atom stereocenters. The molecule has 1 N–H and O–H groups in total. The Morgan fingerprint density at radius 3 is 2.70 bits per heavy atom. The maximum absolute atomic E-state index is 12.0. The molecule has 3 heterocycles. The quantitative estimate of drug-likeness (QED) is 0.478. The van der Waals surface area contributed by atoms with Crippen LogP contribution in [-0.2, 0) is 6.54 Å². The van der Waals surface area contributed by atoms with E-state index in [9.17, 15) is 4.79 Å². The van der Waals surface area contributed by atoms with Crippen LogP contribution in [-0.4, -0.2) is 41.6 Å². The van der Waals surface area contributed by atoms with Gasteiger partial charge in [0.15, 0.2) is 5.65 Å². The van der Waals surface area contributed by atoms with Gasteiger partial charge in [-0.1, -0.05) is 42.6 Å². The van der Waals surface area contributed by atoms with Gasteiger partial charge in [0.2, 0.25) is 0 Å². The lowest BCUT2D eigenvalue weighted by atomic mass is 10.1. The van der Waals surface area contributed by atoms with Crippen molar-refractivity contribution in [2.45, 2.75) is 20.4 Å². The summed E-state index contributed by atoms with van der Waals surface area (Å²) in [5.74, 6) is 0.390. The third-order valence-electron chi connectivity index (χ3n) is 4.57. The molecule has 4 aromatic rings. The highest BCUT2D eigenvalue weighted by Gasteiger charge is 2.11. The Morgan fingerprint density at radius 1 is 1.13 bits per heavy atom. The van der Waals surface area contributed by atoms with Gasteiger partial charge in [0.05, 0.1) is 24.6 Å².